The summed E-state index contributed by atoms with van der Waals surface area (Å²) in [6.07, 6.45) is 4.83. The van der Waals surface area contributed by atoms with Crippen molar-refractivity contribution in [3.8, 4) is 0 Å². The van der Waals surface area contributed by atoms with E-state index in [0.717, 1.165) is 22.0 Å². The number of nitrogens with zero attached hydrogens (tertiary/aromatic N) is 2. The van der Waals surface area contributed by atoms with E-state index >= 15 is 0 Å². The van der Waals surface area contributed by atoms with Crippen molar-refractivity contribution in [1.82, 2.24) is 4.98 Å². The summed E-state index contributed by atoms with van der Waals surface area (Å²) in [7, 11) is 0. The normalized spacial score (nSPS) is 21.6. The minimum atomic E-state index is 0.219. The van der Waals surface area contributed by atoms with Gasteiger partial charge >= 0.3 is 0 Å². The zero-order valence-electron chi connectivity index (χ0n) is 14.4. The maximum absolute atomic E-state index is 13.1. The summed E-state index contributed by atoms with van der Waals surface area (Å²) in [5, 5.41) is 0. The summed E-state index contributed by atoms with van der Waals surface area (Å²) in [5.41, 5.74) is 3.53. The quantitative estimate of drug-likeness (QED) is 0.566. The summed E-state index contributed by atoms with van der Waals surface area (Å²) in [5.74, 6) is 1.20. The molecule has 2 unspecified atom stereocenters. The van der Waals surface area contributed by atoms with Gasteiger partial charge in [-0.05, 0) is 36.6 Å². The first-order chi connectivity index (χ1) is 12.8. The first kappa shape index (κ1) is 16.3. The van der Waals surface area contributed by atoms with Gasteiger partial charge in [0.1, 0.15) is 0 Å². The molecule has 0 radical (unpaired) electrons. The first-order valence-corrected chi connectivity index (χ1v) is 11.0. The molecule has 0 bridgehead atoms. The molecule has 26 heavy (non-hydrogen) atoms. The summed E-state index contributed by atoms with van der Waals surface area (Å²) >= 11 is 3.24. The molecule has 0 saturated heterocycles. The van der Waals surface area contributed by atoms with Gasteiger partial charge in [0.05, 0.1) is 16.0 Å². The maximum atomic E-state index is 13.1. The molecule has 1 amide bonds. The second kappa shape index (κ2) is 6.71. The molecule has 3 aromatic rings. The van der Waals surface area contributed by atoms with E-state index < -0.39 is 0 Å². The number of thiazole rings is 1. The standard InChI is InChI=1S/C21H20N2OS2/c24-20(13-25-21-22-16-9-3-6-12-19(16)26-21)23-17-10-4-1-7-14(17)15-8-2-5-11-18(15)23/h1,3-4,6-7,9-10,12,15,18H,2,5,8,11,13H2. The van der Waals surface area contributed by atoms with Crippen LogP contribution in [0.15, 0.2) is 52.9 Å². The summed E-state index contributed by atoms with van der Waals surface area (Å²) in [6, 6.07) is 17.0. The van der Waals surface area contributed by atoms with Crippen LogP contribution in [-0.2, 0) is 4.79 Å². The van der Waals surface area contributed by atoms with Crippen LogP contribution in [0.4, 0.5) is 5.69 Å². The van der Waals surface area contributed by atoms with Crippen LogP contribution in [0.25, 0.3) is 10.2 Å². The fourth-order valence-corrected chi connectivity index (χ4v) is 6.34. The molecule has 1 fully saturated rings. The van der Waals surface area contributed by atoms with Gasteiger partial charge in [0.25, 0.3) is 0 Å². The number of hydrogen-bond acceptors (Lipinski definition) is 4. The molecule has 1 aromatic heterocycles. The molecule has 2 atom stereocenters. The van der Waals surface area contributed by atoms with Crippen molar-refractivity contribution in [2.75, 3.05) is 10.7 Å². The Labute approximate surface area is 161 Å². The smallest absolute Gasteiger partial charge is 0.237 e. The second-order valence-corrected chi connectivity index (χ2v) is 9.27. The molecule has 2 aromatic carbocycles. The van der Waals surface area contributed by atoms with E-state index in [2.05, 4.69) is 40.2 Å². The number of aromatic nitrogens is 1. The number of rotatable bonds is 3. The van der Waals surface area contributed by atoms with Crippen molar-refractivity contribution >= 4 is 44.9 Å². The van der Waals surface area contributed by atoms with Crippen molar-refractivity contribution in [3.05, 3.63) is 54.1 Å². The summed E-state index contributed by atoms with van der Waals surface area (Å²) in [6.45, 7) is 0. The topological polar surface area (TPSA) is 33.2 Å². The van der Waals surface area contributed by atoms with Crippen LogP contribution in [0.3, 0.4) is 0 Å². The van der Waals surface area contributed by atoms with Gasteiger partial charge in [-0.1, -0.05) is 54.9 Å². The van der Waals surface area contributed by atoms with Crippen LogP contribution >= 0.6 is 23.1 Å². The number of carbonyl (C=O) groups is 1. The molecule has 5 rings (SSSR count). The zero-order chi connectivity index (χ0) is 17.5. The third kappa shape index (κ3) is 2.74. The molecule has 0 spiro atoms. The van der Waals surface area contributed by atoms with Crippen molar-refractivity contribution < 1.29 is 4.79 Å². The van der Waals surface area contributed by atoms with Crippen molar-refractivity contribution in [1.29, 1.82) is 0 Å². The van der Waals surface area contributed by atoms with E-state index in [0.29, 0.717) is 17.7 Å². The lowest BCUT2D eigenvalue weighted by molar-refractivity contribution is -0.116. The van der Waals surface area contributed by atoms with Crippen LogP contribution in [0, 0.1) is 0 Å². The number of thioether (sulfide) groups is 1. The number of amides is 1. The molecule has 132 valence electrons. The van der Waals surface area contributed by atoms with E-state index in [1.54, 1.807) is 23.1 Å². The lowest BCUT2D eigenvalue weighted by Crippen LogP contribution is -2.41. The van der Waals surface area contributed by atoms with Crippen molar-refractivity contribution in [3.63, 3.8) is 0 Å². The van der Waals surface area contributed by atoms with E-state index in [1.165, 1.54) is 29.5 Å². The highest BCUT2D eigenvalue weighted by Gasteiger charge is 2.42. The minimum absolute atomic E-state index is 0.219. The highest BCUT2D eigenvalue weighted by Crippen LogP contribution is 2.48. The van der Waals surface area contributed by atoms with Gasteiger partial charge in [0.15, 0.2) is 4.34 Å². The van der Waals surface area contributed by atoms with Crippen molar-refractivity contribution in [2.24, 2.45) is 0 Å². The van der Waals surface area contributed by atoms with E-state index in [4.69, 9.17) is 0 Å². The second-order valence-electron chi connectivity index (χ2n) is 7.02. The third-order valence-corrected chi connectivity index (χ3v) is 7.68. The van der Waals surface area contributed by atoms with Crippen LogP contribution < -0.4 is 4.90 Å². The van der Waals surface area contributed by atoms with E-state index in [9.17, 15) is 4.79 Å². The molecular formula is C21H20N2OS2. The average molecular weight is 381 g/mol. The number of anilines is 1. The lowest BCUT2D eigenvalue weighted by Gasteiger charge is -2.32. The molecule has 0 N–H and O–H groups in total. The monoisotopic (exact) mass is 380 g/mol. The van der Waals surface area contributed by atoms with Gasteiger partial charge in [0.2, 0.25) is 5.91 Å². The highest BCUT2D eigenvalue weighted by atomic mass is 32.2. The fraction of sp³-hybridized carbons (Fsp3) is 0.333. The first-order valence-electron chi connectivity index (χ1n) is 9.20. The van der Waals surface area contributed by atoms with E-state index in [-0.39, 0.29) is 5.91 Å². The zero-order valence-corrected chi connectivity index (χ0v) is 16.1. The van der Waals surface area contributed by atoms with E-state index in [1.807, 2.05) is 18.2 Å². The largest absolute Gasteiger partial charge is 0.308 e. The number of carbonyl (C=O) groups excluding carboxylic acids is 1. The molecule has 1 aliphatic heterocycles. The van der Waals surface area contributed by atoms with Crippen LogP contribution in [0.5, 0.6) is 0 Å². The van der Waals surface area contributed by atoms with Gasteiger partial charge in [-0.25, -0.2) is 4.98 Å². The summed E-state index contributed by atoms with van der Waals surface area (Å²) in [4.78, 5) is 19.9. The average Bonchev–Trinajstić information content (AvgIpc) is 3.25. The van der Waals surface area contributed by atoms with Gasteiger partial charge < -0.3 is 4.90 Å². The molecule has 1 saturated carbocycles. The Morgan fingerprint density at radius 1 is 1.12 bits per heavy atom. The SMILES string of the molecule is O=C(CSc1nc2ccccc2s1)N1c2ccccc2C2CCCCC21. The molecular weight excluding hydrogens is 360 g/mol. The molecule has 2 heterocycles. The molecule has 5 heteroatoms. The predicted molar refractivity (Wildman–Crippen MR) is 109 cm³/mol. The van der Waals surface area contributed by atoms with Gasteiger partial charge in [-0.2, -0.15) is 0 Å². The Morgan fingerprint density at radius 3 is 2.85 bits per heavy atom. The molecule has 2 aliphatic rings. The number of para-hydroxylation sites is 2. The van der Waals surface area contributed by atoms with Crippen molar-refractivity contribution in [2.45, 2.75) is 42.0 Å². The Bertz CT molecular complexity index is 934. The Hall–Kier alpha value is -1.85. The third-order valence-electron chi connectivity index (χ3n) is 5.52. The van der Waals surface area contributed by atoms with Gasteiger partial charge in [-0.15, -0.1) is 11.3 Å². The molecule has 3 nitrogen and oxygen atoms in total. The predicted octanol–water partition coefficient (Wildman–Crippen LogP) is 5.46. The number of hydrogen-bond donors (Lipinski definition) is 0. The van der Waals surface area contributed by atoms with Gasteiger partial charge in [-0.3, -0.25) is 4.79 Å². The number of benzene rings is 2. The Morgan fingerprint density at radius 2 is 1.92 bits per heavy atom. The van der Waals surface area contributed by atoms with Crippen LogP contribution in [0.1, 0.15) is 37.2 Å². The number of fused-ring (bicyclic) bond motifs is 4. The Kier molecular flexibility index (Phi) is 4.21. The fourth-order valence-electron chi connectivity index (χ4n) is 4.41. The highest BCUT2D eigenvalue weighted by molar-refractivity contribution is 8.01. The summed E-state index contributed by atoms with van der Waals surface area (Å²) < 4.78 is 2.16. The maximum Gasteiger partial charge on any atom is 0.237 e. The molecule has 1 aliphatic carbocycles. The van der Waals surface area contributed by atoms with Gasteiger partial charge in [0, 0.05) is 17.6 Å². The van der Waals surface area contributed by atoms with Crippen LogP contribution in [-0.4, -0.2) is 22.7 Å². The minimum Gasteiger partial charge on any atom is -0.308 e. The Balaban J connectivity index is 1.37. The lowest BCUT2D eigenvalue weighted by atomic mass is 9.82. The van der Waals surface area contributed by atoms with Crippen LogP contribution in [0.2, 0.25) is 0 Å².